The zero-order valence-corrected chi connectivity index (χ0v) is 20.8. The van der Waals surface area contributed by atoms with Crippen molar-refractivity contribution in [2.75, 3.05) is 31.7 Å². The number of benzene rings is 2. The van der Waals surface area contributed by atoms with Gasteiger partial charge in [0.25, 0.3) is 0 Å². The van der Waals surface area contributed by atoms with Crippen LogP contribution in [0.3, 0.4) is 0 Å². The molecule has 6 nitrogen and oxygen atoms in total. The van der Waals surface area contributed by atoms with E-state index in [-0.39, 0.29) is 36.9 Å². The standard InChI is InChI=1S/C24H29F3IN3O3/c25-17-7-5-15(23(22(17)27)30-19-8-6-16(28)9-18(19)26)10-34-14-31-12-24(33,13-31)11-29-20-3-1-2-4-21(20)32/h5-9,20-21,29-30,32-33H,1-4,10-14H2. The second-order valence-corrected chi connectivity index (χ2v) is 10.4. The molecule has 1 aliphatic carbocycles. The molecule has 1 aliphatic heterocycles. The van der Waals surface area contributed by atoms with Crippen LogP contribution in [0, 0.1) is 21.0 Å². The van der Waals surface area contributed by atoms with Gasteiger partial charge in [-0.05, 0) is 59.7 Å². The van der Waals surface area contributed by atoms with Crippen molar-refractivity contribution in [2.24, 2.45) is 0 Å². The number of anilines is 2. The van der Waals surface area contributed by atoms with Crippen LogP contribution in [0.25, 0.3) is 0 Å². The number of aliphatic hydroxyl groups excluding tert-OH is 1. The average Bonchev–Trinajstić information content (AvgIpc) is 2.78. The minimum atomic E-state index is -1.10. The molecule has 2 unspecified atom stereocenters. The SMILES string of the molecule is OC1CCCCC1NCC1(O)CN(COCc2ccc(F)c(F)c2Nc2ccc(I)cc2F)C1. The second kappa shape index (κ2) is 11.1. The van der Waals surface area contributed by atoms with Gasteiger partial charge in [-0.3, -0.25) is 4.90 Å². The van der Waals surface area contributed by atoms with Crippen molar-refractivity contribution in [3.8, 4) is 0 Å². The Morgan fingerprint density at radius 3 is 2.59 bits per heavy atom. The summed E-state index contributed by atoms with van der Waals surface area (Å²) >= 11 is 1.97. The maximum absolute atomic E-state index is 14.5. The number of rotatable bonds is 9. The summed E-state index contributed by atoms with van der Waals surface area (Å²) in [7, 11) is 0. The van der Waals surface area contributed by atoms with E-state index in [2.05, 4.69) is 10.6 Å². The maximum Gasteiger partial charge on any atom is 0.182 e. The fourth-order valence-corrected chi connectivity index (χ4v) is 4.97. The molecule has 10 heteroatoms. The number of likely N-dealkylation sites (tertiary alicyclic amines) is 1. The number of aliphatic hydroxyl groups is 2. The van der Waals surface area contributed by atoms with Crippen molar-refractivity contribution in [3.63, 3.8) is 0 Å². The highest BCUT2D eigenvalue weighted by atomic mass is 127. The summed E-state index contributed by atoms with van der Waals surface area (Å²) in [4.78, 5) is 1.89. The minimum absolute atomic E-state index is 0.0142. The molecule has 2 aromatic rings. The van der Waals surface area contributed by atoms with Gasteiger partial charge in [-0.15, -0.1) is 0 Å². The zero-order valence-electron chi connectivity index (χ0n) is 18.7. The van der Waals surface area contributed by atoms with E-state index in [0.717, 1.165) is 31.7 Å². The van der Waals surface area contributed by atoms with Crippen LogP contribution in [0.15, 0.2) is 30.3 Å². The van der Waals surface area contributed by atoms with Crippen molar-refractivity contribution in [2.45, 2.75) is 50.0 Å². The van der Waals surface area contributed by atoms with E-state index >= 15 is 0 Å². The first-order valence-corrected chi connectivity index (χ1v) is 12.4. The Morgan fingerprint density at radius 1 is 1.09 bits per heavy atom. The molecule has 34 heavy (non-hydrogen) atoms. The van der Waals surface area contributed by atoms with Crippen LogP contribution >= 0.6 is 22.6 Å². The van der Waals surface area contributed by atoms with E-state index in [9.17, 15) is 23.4 Å². The van der Waals surface area contributed by atoms with E-state index in [1.54, 1.807) is 6.07 Å². The molecule has 1 heterocycles. The Bertz CT molecular complexity index is 1010. The molecule has 4 rings (SSSR count). The first-order valence-electron chi connectivity index (χ1n) is 11.4. The molecule has 0 bridgehead atoms. The molecule has 4 N–H and O–H groups in total. The minimum Gasteiger partial charge on any atom is -0.392 e. The summed E-state index contributed by atoms with van der Waals surface area (Å²) in [6, 6.07) is 6.85. The third kappa shape index (κ3) is 6.21. The van der Waals surface area contributed by atoms with E-state index < -0.39 is 23.1 Å². The lowest BCUT2D eigenvalue weighted by Crippen LogP contribution is -2.67. The van der Waals surface area contributed by atoms with Crippen LogP contribution in [0.1, 0.15) is 31.2 Å². The van der Waals surface area contributed by atoms with E-state index in [1.165, 1.54) is 18.2 Å². The molecule has 2 aromatic carbocycles. The third-order valence-corrected chi connectivity index (χ3v) is 7.03. The lowest BCUT2D eigenvalue weighted by molar-refractivity contribution is -0.139. The molecule has 2 fully saturated rings. The molecular formula is C24H29F3IN3O3. The quantitative estimate of drug-likeness (QED) is 0.332. The van der Waals surface area contributed by atoms with Crippen molar-refractivity contribution >= 4 is 34.0 Å². The maximum atomic E-state index is 14.5. The second-order valence-electron chi connectivity index (χ2n) is 9.17. The molecular weight excluding hydrogens is 562 g/mol. The van der Waals surface area contributed by atoms with Crippen molar-refractivity contribution in [1.29, 1.82) is 0 Å². The van der Waals surface area contributed by atoms with Gasteiger partial charge in [0.15, 0.2) is 11.6 Å². The number of halogens is 4. The highest BCUT2D eigenvalue weighted by molar-refractivity contribution is 14.1. The van der Waals surface area contributed by atoms with Crippen LogP contribution in [0.4, 0.5) is 24.5 Å². The monoisotopic (exact) mass is 591 g/mol. The summed E-state index contributed by atoms with van der Waals surface area (Å²) in [5, 5.41) is 26.7. The lowest BCUT2D eigenvalue weighted by atomic mass is 9.90. The molecule has 1 saturated carbocycles. The summed E-state index contributed by atoms with van der Waals surface area (Å²) in [5.41, 5.74) is -0.678. The molecule has 1 saturated heterocycles. The first-order chi connectivity index (χ1) is 16.2. The van der Waals surface area contributed by atoms with Crippen molar-refractivity contribution in [1.82, 2.24) is 10.2 Å². The zero-order chi connectivity index (χ0) is 24.3. The van der Waals surface area contributed by atoms with Crippen LogP contribution in [-0.4, -0.2) is 59.2 Å². The van der Waals surface area contributed by atoms with Crippen LogP contribution in [-0.2, 0) is 11.3 Å². The smallest absolute Gasteiger partial charge is 0.182 e. The number of nitrogens with zero attached hydrogens (tertiary/aromatic N) is 1. The topological polar surface area (TPSA) is 77.0 Å². The number of β-amino-alcohol motifs (C(OH)–C–C–N with tert-alkyl or cyclic N) is 1. The third-order valence-electron chi connectivity index (χ3n) is 6.36. The highest BCUT2D eigenvalue weighted by Crippen LogP contribution is 2.29. The summed E-state index contributed by atoms with van der Waals surface area (Å²) < 4.78 is 48.9. The number of nitrogens with one attached hydrogen (secondary N) is 2. The van der Waals surface area contributed by atoms with Crippen LogP contribution in [0.2, 0.25) is 0 Å². The summed E-state index contributed by atoms with van der Waals surface area (Å²) in [6.45, 7) is 1.38. The fraction of sp³-hybridized carbons (Fsp3) is 0.500. The molecule has 2 aliphatic rings. The van der Waals surface area contributed by atoms with Gasteiger partial charge in [-0.2, -0.15) is 0 Å². The number of ether oxygens (including phenoxy) is 1. The van der Waals surface area contributed by atoms with Gasteiger partial charge in [0, 0.05) is 34.8 Å². The first kappa shape index (κ1) is 25.6. The van der Waals surface area contributed by atoms with E-state index in [1.807, 2.05) is 27.5 Å². The van der Waals surface area contributed by atoms with Gasteiger partial charge in [0.05, 0.1) is 30.8 Å². The normalized spacial score (nSPS) is 22.4. The predicted octanol–water partition coefficient (Wildman–Crippen LogP) is 3.87. The average molecular weight is 591 g/mol. The van der Waals surface area contributed by atoms with Gasteiger partial charge in [0.1, 0.15) is 11.4 Å². The van der Waals surface area contributed by atoms with Gasteiger partial charge in [-0.1, -0.05) is 18.9 Å². The van der Waals surface area contributed by atoms with Crippen molar-refractivity contribution in [3.05, 3.63) is 56.9 Å². The largest absolute Gasteiger partial charge is 0.392 e. The van der Waals surface area contributed by atoms with Gasteiger partial charge >= 0.3 is 0 Å². The lowest BCUT2D eigenvalue weighted by Gasteiger charge is -2.47. The van der Waals surface area contributed by atoms with Gasteiger partial charge in [0.2, 0.25) is 0 Å². The Balaban J connectivity index is 1.28. The number of hydrogen-bond donors (Lipinski definition) is 4. The Labute approximate surface area is 210 Å². The van der Waals surface area contributed by atoms with Gasteiger partial charge < -0.3 is 25.6 Å². The molecule has 0 radical (unpaired) electrons. The summed E-state index contributed by atoms with van der Waals surface area (Å²) in [6.07, 6.45) is 3.42. The van der Waals surface area contributed by atoms with Crippen LogP contribution in [0.5, 0.6) is 0 Å². The molecule has 0 amide bonds. The van der Waals surface area contributed by atoms with Crippen LogP contribution < -0.4 is 10.6 Å². The Morgan fingerprint density at radius 2 is 1.85 bits per heavy atom. The molecule has 0 aromatic heterocycles. The summed E-state index contributed by atoms with van der Waals surface area (Å²) in [5.74, 6) is -2.72. The molecule has 186 valence electrons. The van der Waals surface area contributed by atoms with E-state index in [4.69, 9.17) is 4.74 Å². The Kier molecular flexibility index (Phi) is 8.36. The van der Waals surface area contributed by atoms with Gasteiger partial charge in [-0.25, -0.2) is 13.2 Å². The molecule has 2 atom stereocenters. The predicted molar refractivity (Wildman–Crippen MR) is 131 cm³/mol. The Hall–Kier alpha value is -1.44. The number of hydrogen-bond acceptors (Lipinski definition) is 6. The fourth-order valence-electron chi connectivity index (χ4n) is 4.52. The van der Waals surface area contributed by atoms with E-state index in [0.29, 0.717) is 28.8 Å². The highest BCUT2D eigenvalue weighted by Gasteiger charge is 2.41. The molecule has 0 spiro atoms. The van der Waals surface area contributed by atoms with Crippen molar-refractivity contribution < 1.29 is 28.1 Å².